The van der Waals surface area contributed by atoms with E-state index < -0.39 is 0 Å². The minimum Gasteiger partial charge on any atom is -0.362 e. The highest BCUT2D eigenvalue weighted by Crippen LogP contribution is 2.11. The number of nitrogens with one attached hydrogen (secondary N) is 1. The SMILES string of the molecule is C1CCN(NC2CCO2)CC1.Cl.Cl. The Labute approximate surface area is 92.0 Å². The van der Waals surface area contributed by atoms with Gasteiger partial charge in [-0.25, -0.2) is 10.4 Å². The van der Waals surface area contributed by atoms with Crippen molar-refractivity contribution < 1.29 is 4.74 Å². The summed E-state index contributed by atoms with van der Waals surface area (Å²) in [6.45, 7) is 3.32. The van der Waals surface area contributed by atoms with Crippen LogP contribution in [0.5, 0.6) is 0 Å². The molecule has 0 saturated carbocycles. The number of halogens is 2. The summed E-state index contributed by atoms with van der Waals surface area (Å²) < 4.78 is 5.28. The molecule has 0 radical (unpaired) electrons. The van der Waals surface area contributed by atoms with E-state index in [9.17, 15) is 0 Å². The summed E-state index contributed by atoms with van der Waals surface area (Å²) in [4.78, 5) is 0. The minimum atomic E-state index is 0. The van der Waals surface area contributed by atoms with Crippen LogP contribution in [0.3, 0.4) is 0 Å². The summed E-state index contributed by atoms with van der Waals surface area (Å²) in [5.74, 6) is 0. The molecule has 13 heavy (non-hydrogen) atoms. The van der Waals surface area contributed by atoms with Crippen LogP contribution in [0.15, 0.2) is 0 Å². The first kappa shape index (κ1) is 13.5. The lowest BCUT2D eigenvalue weighted by Gasteiger charge is -2.35. The summed E-state index contributed by atoms with van der Waals surface area (Å²) in [7, 11) is 0. The Bertz CT molecular complexity index is 127. The van der Waals surface area contributed by atoms with Gasteiger partial charge in [0, 0.05) is 19.5 Å². The molecule has 1 N–H and O–H groups in total. The van der Waals surface area contributed by atoms with Crippen molar-refractivity contribution in [2.24, 2.45) is 0 Å². The molecule has 2 saturated heterocycles. The second-order valence-electron chi connectivity index (χ2n) is 3.32. The molecule has 5 heteroatoms. The highest BCUT2D eigenvalue weighted by atomic mass is 35.5. The number of piperidine rings is 1. The summed E-state index contributed by atoms with van der Waals surface area (Å²) >= 11 is 0. The molecule has 2 heterocycles. The van der Waals surface area contributed by atoms with Crippen molar-refractivity contribution >= 4 is 24.8 Å². The minimum absolute atomic E-state index is 0. The number of hydrogen-bond acceptors (Lipinski definition) is 3. The van der Waals surface area contributed by atoms with Crippen LogP contribution in [0, 0.1) is 0 Å². The lowest BCUT2D eigenvalue weighted by Crippen LogP contribution is -2.52. The molecule has 1 unspecified atom stereocenters. The quantitative estimate of drug-likeness (QED) is 0.777. The predicted molar refractivity (Wildman–Crippen MR) is 57.4 cm³/mol. The number of ether oxygens (including phenoxy) is 1. The zero-order valence-corrected chi connectivity index (χ0v) is 9.33. The van der Waals surface area contributed by atoms with E-state index in [1.807, 2.05) is 0 Å². The molecule has 0 spiro atoms. The fourth-order valence-corrected chi connectivity index (χ4v) is 1.56. The third-order valence-corrected chi connectivity index (χ3v) is 2.38. The Morgan fingerprint density at radius 3 is 2.15 bits per heavy atom. The molecule has 2 rings (SSSR count). The van der Waals surface area contributed by atoms with Crippen molar-refractivity contribution in [3.8, 4) is 0 Å². The van der Waals surface area contributed by atoms with Gasteiger partial charge in [0.25, 0.3) is 0 Å². The van der Waals surface area contributed by atoms with Gasteiger partial charge in [-0.15, -0.1) is 24.8 Å². The van der Waals surface area contributed by atoms with Crippen molar-refractivity contribution in [1.82, 2.24) is 10.4 Å². The second kappa shape index (κ2) is 6.85. The van der Waals surface area contributed by atoms with Crippen LogP contribution in [0.4, 0.5) is 0 Å². The van der Waals surface area contributed by atoms with Crippen molar-refractivity contribution in [2.75, 3.05) is 19.7 Å². The van der Waals surface area contributed by atoms with Crippen LogP contribution in [-0.2, 0) is 4.74 Å². The molecule has 2 fully saturated rings. The molecule has 80 valence electrons. The molecule has 1 atom stereocenters. The Morgan fingerprint density at radius 1 is 1.08 bits per heavy atom. The maximum atomic E-state index is 5.28. The van der Waals surface area contributed by atoms with Gasteiger partial charge in [0.05, 0.1) is 6.61 Å². The molecule has 0 aromatic carbocycles. The molecule has 2 aliphatic rings. The maximum Gasteiger partial charge on any atom is 0.122 e. The van der Waals surface area contributed by atoms with Gasteiger partial charge < -0.3 is 4.74 Å². The van der Waals surface area contributed by atoms with Crippen molar-refractivity contribution in [3.05, 3.63) is 0 Å². The van der Waals surface area contributed by atoms with Gasteiger partial charge in [0.15, 0.2) is 0 Å². The largest absolute Gasteiger partial charge is 0.362 e. The Balaban J connectivity index is 0.000000720. The third-order valence-electron chi connectivity index (χ3n) is 2.38. The van der Waals surface area contributed by atoms with E-state index in [1.54, 1.807) is 0 Å². The van der Waals surface area contributed by atoms with Crippen molar-refractivity contribution in [2.45, 2.75) is 31.9 Å². The van der Waals surface area contributed by atoms with Crippen LogP contribution in [0.25, 0.3) is 0 Å². The van der Waals surface area contributed by atoms with E-state index in [0.717, 1.165) is 6.61 Å². The van der Waals surface area contributed by atoms with Crippen molar-refractivity contribution in [3.63, 3.8) is 0 Å². The lowest BCUT2D eigenvalue weighted by atomic mass is 10.2. The molecule has 0 aromatic heterocycles. The zero-order chi connectivity index (χ0) is 7.52. The highest BCUT2D eigenvalue weighted by Gasteiger charge is 2.21. The predicted octanol–water partition coefficient (Wildman–Crippen LogP) is 1.57. The van der Waals surface area contributed by atoms with E-state index in [1.165, 1.54) is 38.8 Å². The van der Waals surface area contributed by atoms with Crippen LogP contribution in [0.1, 0.15) is 25.7 Å². The Morgan fingerprint density at radius 2 is 1.69 bits per heavy atom. The topological polar surface area (TPSA) is 24.5 Å². The summed E-state index contributed by atoms with van der Waals surface area (Å²) in [6.07, 6.45) is 5.56. The smallest absolute Gasteiger partial charge is 0.122 e. The molecular weight excluding hydrogens is 211 g/mol. The van der Waals surface area contributed by atoms with Gasteiger partial charge >= 0.3 is 0 Å². The number of rotatable bonds is 2. The number of hydrazine groups is 1. The van der Waals surface area contributed by atoms with Gasteiger partial charge in [-0.3, -0.25) is 0 Å². The zero-order valence-electron chi connectivity index (χ0n) is 7.70. The first-order valence-electron chi connectivity index (χ1n) is 4.58. The van der Waals surface area contributed by atoms with Gasteiger partial charge in [0.1, 0.15) is 6.23 Å². The lowest BCUT2D eigenvalue weighted by molar-refractivity contribution is -0.112. The van der Waals surface area contributed by atoms with E-state index in [2.05, 4.69) is 10.4 Å². The van der Waals surface area contributed by atoms with E-state index >= 15 is 0 Å². The first-order valence-corrected chi connectivity index (χ1v) is 4.58. The second-order valence-corrected chi connectivity index (χ2v) is 3.32. The number of hydrogen-bond donors (Lipinski definition) is 1. The molecular formula is C8H18Cl2N2O. The van der Waals surface area contributed by atoms with Gasteiger partial charge in [-0.05, 0) is 12.8 Å². The van der Waals surface area contributed by atoms with E-state index in [4.69, 9.17) is 4.74 Å². The molecule has 3 nitrogen and oxygen atoms in total. The summed E-state index contributed by atoms with van der Waals surface area (Å²) in [5.41, 5.74) is 3.37. The van der Waals surface area contributed by atoms with Crippen LogP contribution < -0.4 is 5.43 Å². The standard InChI is InChI=1S/C8H16N2O.2ClH/c1-2-5-10(6-3-1)9-8-4-7-11-8;;/h8-9H,1-7H2;2*1H. The Hall–Kier alpha value is 0.460. The summed E-state index contributed by atoms with van der Waals surface area (Å²) in [5, 5.41) is 2.30. The van der Waals surface area contributed by atoms with Gasteiger partial charge in [-0.1, -0.05) is 6.42 Å². The monoisotopic (exact) mass is 228 g/mol. The average molecular weight is 229 g/mol. The summed E-state index contributed by atoms with van der Waals surface area (Å²) in [6, 6.07) is 0. The third kappa shape index (κ3) is 4.00. The highest BCUT2D eigenvalue weighted by molar-refractivity contribution is 5.85. The van der Waals surface area contributed by atoms with Crippen LogP contribution in [-0.4, -0.2) is 30.9 Å². The molecule has 0 aromatic rings. The molecule has 0 bridgehead atoms. The normalized spacial score (nSPS) is 28.2. The van der Waals surface area contributed by atoms with E-state index in [-0.39, 0.29) is 24.8 Å². The molecule has 0 aliphatic carbocycles. The molecule has 2 aliphatic heterocycles. The first-order chi connectivity index (χ1) is 5.45. The molecule has 0 amide bonds. The van der Waals surface area contributed by atoms with E-state index in [0.29, 0.717) is 6.23 Å². The number of nitrogens with zero attached hydrogens (tertiary/aromatic N) is 1. The van der Waals surface area contributed by atoms with Crippen molar-refractivity contribution in [1.29, 1.82) is 0 Å². The average Bonchev–Trinajstić information content (AvgIpc) is 1.99. The Kier molecular flexibility index (Phi) is 7.09. The maximum absolute atomic E-state index is 5.28. The van der Waals surface area contributed by atoms with Crippen LogP contribution in [0.2, 0.25) is 0 Å². The van der Waals surface area contributed by atoms with Crippen LogP contribution >= 0.6 is 24.8 Å². The fourth-order valence-electron chi connectivity index (χ4n) is 1.56. The fraction of sp³-hybridized carbons (Fsp3) is 1.00. The van der Waals surface area contributed by atoms with Gasteiger partial charge in [0.2, 0.25) is 0 Å². The van der Waals surface area contributed by atoms with Gasteiger partial charge in [-0.2, -0.15) is 0 Å².